The third-order valence-corrected chi connectivity index (χ3v) is 5.28. The molecule has 7 heteroatoms. The number of aryl methyl sites for hydroxylation is 1. The summed E-state index contributed by atoms with van der Waals surface area (Å²) in [6.07, 6.45) is 0.684. The Balaban J connectivity index is 1.77. The van der Waals surface area contributed by atoms with Gasteiger partial charge in [0.15, 0.2) is 5.82 Å². The number of benzene rings is 2. The molecule has 3 atom stereocenters. The lowest BCUT2D eigenvalue weighted by atomic mass is 10.1. The molecular formula is C21H23N5O2. The maximum Gasteiger partial charge on any atom is 0.248 e. The van der Waals surface area contributed by atoms with Crippen molar-refractivity contribution in [2.75, 3.05) is 0 Å². The molecule has 28 heavy (non-hydrogen) atoms. The quantitative estimate of drug-likeness (QED) is 0.641. The molecule has 2 aromatic carbocycles. The van der Waals surface area contributed by atoms with E-state index in [9.17, 15) is 9.90 Å². The van der Waals surface area contributed by atoms with Crippen molar-refractivity contribution >= 4 is 5.91 Å². The summed E-state index contributed by atoms with van der Waals surface area (Å²) in [6, 6.07) is 14.7. The molecule has 1 amide bonds. The van der Waals surface area contributed by atoms with Crippen LogP contribution in [0.5, 0.6) is 0 Å². The van der Waals surface area contributed by atoms with Gasteiger partial charge in [-0.05, 0) is 44.0 Å². The van der Waals surface area contributed by atoms with Crippen LogP contribution in [0.25, 0.3) is 17.1 Å². The topological polar surface area (TPSA) is 120 Å². The van der Waals surface area contributed by atoms with Gasteiger partial charge in [-0.25, -0.2) is 9.67 Å². The van der Waals surface area contributed by atoms with E-state index in [-0.39, 0.29) is 12.0 Å². The first kappa shape index (κ1) is 18.3. The number of amides is 1. The molecule has 1 aliphatic rings. The van der Waals surface area contributed by atoms with Gasteiger partial charge in [0.1, 0.15) is 5.82 Å². The van der Waals surface area contributed by atoms with E-state index in [1.807, 2.05) is 35.9 Å². The van der Waals surface area contributed by atoms with Gasteiger partial charge in [0.25, 0.3) is 0 Å². The van der Waals surface area contributed by atoms with Crippen molar-refractivity contribution in [2.45, 2.75) is 37.8 Å². The fourth-order valence-corrected chi connectivity index (χ4v) is 3.63. The Hall–Kier alpha value is -3.03. The number of carbonyl (C=O) groups is 1. The third-order valence-electron chi connectivity index (χ3n) is 5.28. The SMILES string of the molecule is Cc1ccc(-n2nc(-c3ccc(C(N)=O)cc3)nc2[C@H]2C[C@@H](N)[C@H](O)C2)cc1. The highest BCUT2D eigenvalue weighted by atomic mass is 16.3. The Kier molecular flexibility index (Phi) is 4.70. The summed E-state index contributed by atoms with van der Waals surface area (Å²) >= 11 is 0. The van der Waals surface area contributed by atoms with Crippen LogP contribution in [-0.2, 0) is 0 Å². The molecule has 1 aliphatic carbocycles. The molecule has 0 radical (unpaired) electrons. The van der Waals surface area contributed by atoms with Gasteiger partial charge in [-0.1, -0.05) is 29.8 Å². The lowest BCUT2D eigenvalue weighted by Gasteiger charge is -2.11. The maximum absolute atomic E-state index is 11.3. The number of hydrogen-bond donors (Lipinski definition) is 3. The molecule has 144 valence electrons. The first-order valence-electron chi connectivity index (χ1n) is 9.30. The summed E-state index contributed by atoms with van der Waals surface area (Å²) in [7, 11) is 0. The highest BCUT2D eigenvalue weighted by Gasteiger charge is 2.35. The van der Waals surface area contributed by atoms with Gasteiger partial charge < -0.3 is 16.6 Å². The van der Waals surface area contributed by atoms with E-state index < -0.39 is 12.0 Å². The number of carbonyl (C=O) groups excluding carboxylic acids is 1. The summed E-state index contributed by atoms with van der Waals surface area (Å²) in [5.41, 5.74) is 14.6. The van der Waals surface area contributed by atoms with Gasteiger partial charge in [-0.15, -0.1) is 5.10 Å². The second kappa shape index (κ2) is 7.18. The third kappa shape index (κ3) is 3.42. The number of aliphatic hydroxyl groups excluding tert-OH is 1. The van der Waals surface area contributed by atoms with Crippen molar-refractivity contribution in [1.82, 2.24) is 14.8 Å². The van der Waals surface area contributed by atoms with Crippen LogP contribution in [0.15, 0.2) is 48.5 Å². The number of rotatable bonds is 4. The fraction of sp³-hybridized carbons (Fsp3) is 0.286. The number of nitrogens with zero attached hydrogens (tertiary/aromatic N) is 3. The van der Waals surface area contributed by atoms with Gasteiger partial charge in [0.05, 0.1) is 11.8 Å². The van der Waals surface area contributed by atoms with Crippen LogP contribution in [0.1, 0.15) is 40.5 Å². The highest BCUT2D eigenvalue weighted by Crippen LogP contribution is 2.35. The normalized spacial score (nSPS) is 21.8. The monoisotopic (exact) mass is 377 g/mol. The molecule has 4 rings (SSSR count). The van der Waals surface area contributed by atoms with Crippen LogP contribution in [0.3, 0.4) is 0 Å². The number of aromatic nitrogens is 3. The molecule has 1 fully saturated rings. The predicted molar refractivity (Wildman–Crippen MR) is 106 cm³/mol. The summed E-state index contributed by atoms with van der Waals surface area (Å²) in [4.78, 5) is 16.1. The average molecular weight is 377 g/mol. The van der Waals surface area contributed by atoms with E-state index >= 15 is 0 Å². The second-order valence-electron chi connectivity index (χ2n) is 7.38. The largest absolute Gasteiger partial charge is 0.391 e. The average Bonchev–Trinajstić information content (AvgIpc) is 3.26. The minimum absolute atomic E-state index is 0.0254. The Morgan fingerprint density at radius 2 is 1.79 bits per heavy atom. The van der Waals surface area contributed by atoms with Gasteiger partial charge in [0, 0.05) is 23.1 Å². The van der Waals surface area contributed by atoms with Crippen molar-refractivity contribution in [1.29, 1.82) is 0 Å². The van der Waals surface area contributed by atoms with E-state index in [1.54, 1.807) is 24.3 Å². The zero-order chi connectivity index (χ0) is 19.8. The smallest absolute Gasteiger partial charge is 0.248 e. The molecule has 1 saturated carbocycles. The van der Waals surface area contributed by atoms with Crippen molar-refractivity contribution in [2.24, 2.45) is 11.5 Å². The van der Waals surface area contributed by atoms with Crippen molar-refractivity contribution in [3.8, 4) is 17.1 Å². The van der Waals surface area contributed by atoms with Crippen LogP contribution in [0.2, 0.25) is 0 Å². The molecule has 0 spiro atoms. The molecular weight excluding hydrogens is 354 g/mol. The summed E-state index contributed by atoms with van der Waals surface area (Å²) in [6.45, 7) is 2.03. The summed E-state index contributed by atoms with van der Waals surface area (Å²) < 4.78 is 1.83. The second-order valence-corrected chi connectivity index (χ2v) is 7.38. The first-order valence-corrected chi connectivity index (χ1v) is 9.30. The zero-order valence-electron chi connectivity index (χ0n) is 15.6. The van der Waals surface area contributed by atoms with Crippen LogP contribution in [-0.4, -0.2) is 37.9 Å². The first-order chi connectivity index (χ1) is 13.4. The molecule has 7 nitrogen and oxygen atoms in total. The molecule has 0 unspecified atom stereocenters. The maximum atomic E-state index is 11.3. The van der Waals surface area contributed by atoms with Crippen molar-refractivity contribution in [3.05, 3.63) is 65.5 Å². The molecule has 0 bridgehead atoms. The molecule has 1 aromatic heterocycles. The molecule has 0 saturated heterocycles. The lowest BCUT2D eigenvalue weighted by Crippen LogP contribution is -2.28. The minimum atomic E-state index is -0.536. The van der Waals surface area contributed by atoms with E-state index in [0.717, 1.165) is 22.6 Å². The Bertz CT molecular complexity index is 985. The van der Waals surface area contributed by atoms with Crippen molar-refractivity contribution in [3.63, 3.8) is 0 Å². The summed E-state index contributed by atoms with van der Waals surface area (Å²) in [5, 5.41) is 14.8. The Morgan fingerprint density at radius 3 is 2.36 bits per heavy atom. The Morgan fingerprint density at radius 1 is 1.11 bits per heavy atom. The van der Waals surface area contributed by atoms with Gasteiger partial charge in [-0.2, -0.15) is 0 Å². The zero-order valence-corrected chi connectivity index (χ0v) is 15.6. The standard InChI is InChI=1S/C21H23N5O2/c1-12-2-8-16(9-3-12)26-21(15-10-17(22)18(27)11-15)24-20(25-26)14-6-4-13(5-7-14)19(23)28/h2-9,15,17-18,27H,10-11,22H2,1H3,(H2,23,28)/t15-,17+,18+/m0/s1. The minimum Gasteiger partial charge on any atom is -0.391 e. The van der Waals surface area contributed by atoms with Gasteiger partial charge in [0.2, 0.25) is 5.91 Å². The van der Waals surface area contributed by atoms with Crippen LogP contribution < -0.4 is 11.5 Å². The molecule has 1 heterocycles. The van der Waals surface area contributed by atoms with Crippen LogP contribution in [0.4, 0.5) is 0 Å². The van der Waals surface area contributed by atoms with Crippen LogP contribution in [0, 0.1) is 6.92 Å². The highest BCUT2D eigenvalue weighted by molar-refractivity contribution is 5.93. The van der Waals surface area contributed by atoms with Gasteiger partial charge in [-0.3, -0.25) is 4.79 Å². The molecule has 0 aliphatic heterocycles. The number of nitrogens with two attached hydrogens (primary N) is 2. The van der Waals surface area contributed by atoms with E-state index in [2.05, 4.69) is 0 Å². The van der Waals surface area contributed by atoms with E-state index in [1.165, 1.54) is 0 Å². The molecule has 5 N–H and O–H groups in total. The number of hydrogen-bond acceptors (Lipinski definition) is 5. The van der Waals surface area contributed by atoms with Gasteiger partial charge >= 0.3 is 0 Å². The van der Waals surface area contributed by atoms with Crippen molar-refractivity contribution < 1.29 is 9.90 Å². The van der Waals surface area contributed by atoms with E-state index in [0.29, 0.717) is 24.2 Å². The Labute approximate surface area is 163 Å². The lowest BCUT2D eigenvalue weighted by molar-refractivity contribution is 0.100. The molecule has 3 aromatic rings. The number of aliphatic hydroxyl groups is 1. The summed E-state index contributed by atoms with van der Waals surface area (Å²) in [5.74, 6) is 0.892. The van der Waals surface area contributed by atoms with Crippen LogP contribution >= 0.6 is 0 Å². The number of primary amides is 1. The predicted octanol–water partition coefficient (Wildman–Crippen LogP) is 1.91. The fourth-order valence-electron chi connectivity index (χ4n) is 3.63. The van der Waals surface area contributed by atoms with E-state index in [4.69, 9.17) is 21.5 Å².